The first-order chi connectivity index (χ1) is 11.9. The monoisotopic (exact) mass is 363 g/mol. The lowest BCUT2D eigenvalue weighted by Crippen LogP contribution is -2.40. The molecule has 0 saturated heterocycles. The van der Waals surface area contributed by atoms with E-state index < -0.39 is 10.0 Å². The summed E-state index contributed by atoms with van der Waals surface area (Å²) in [7, 11) is -2.09. The Bertz CT molecular complexity index is 879. The summed E-state index contributed by atoms with van der Waals surface area (Å²) in [6.07, 6.45) is -0.385. The molecule has 0 amide bonds. The van der Waals surface area contributed by atoms with Crippen molar-refractivity contribution in [1.29, 1.82) is 0 Å². The molecule has 134 valence electrons. The Morgan fingerprint density at radius 1 is 1.12 bits per heavy atom. The van der Waals surface area contributed by atoms with Crippen LogP contribution in [0.4, 0.5) is 0 Å². The first kappa shape index (κ1) is 17.6. The zero-order valence-corrected chi connectivity index (χ0v) is 15.2. The van der Waals surface area contributed by atoms with Gasteiger partial charge in [0.05, 0.1) is 18.6 Å². The molecule has 0 bridgehead atoms. The third-order valence-electron chi connectivity index (χ3n) is 4.27. The highest BCUT2D eigenvalue weighted by atomic mass is 32.2. The summed E-state index contributed by atoms with van der Waals surface area (Å²) < 4.78 is 44.5. The van der Waals surface area contributed by atoms with Gasteiger partial charge in [-0.25, -0.2) is 13.1 Å². The van der Waals surface area contributed by atoms with Crippen LogP contribution in [-0.4, -0.2) is 34.8 Å². The van der Waals surface area contributed by atoms with Crippen molar-refractivity contribution in [2.45, 2.75) is 24.8 Å². The van der Waals surface area contributed by atoms with Crippen molar-refractivity contribution in [2.24, 2.45) is 0 Å². The minimum Gasteiger partial charge on any atom is -0.496 e. The molecular weight excluding hydrogens is 342 g/mol. The zero-order valence-electron chi connectivity index (χ0n) is 14.4. The molecule has 0 fully saturated rings. The van der Waals surface area contributed by atoms with E-state index in [-0.39, 0.29) is 17.5 Å². The van der Waals surface area contributed by atoms with Gasteiger partial charge >= 0.3 is 0 Å². The summed E-state index contributed by atoms with van der Waals surface area (Å²) >= 11 is 0. The molecule has 2 aromatic rings. The van der Waals surface area contributed by atoms with Gasteiger partial charge in [-0.05, 0) is 49.2 Å². The summed E-state index contributed by atoms with van der Waals surface area (Å²) in [6.45, 7) is 4.02. The normalized spacial score (nSPS) is 16.5. The largest absolute Gasteiger partial charge is 0.496 e. The fraction of sp³-hybridized carbons (Fsp3) is 0.333. The van der Waals surface area contributed by atoms with Crippen LogP contribution in [-0.2, 0) is 10.0 Å². The van der Waals surface area contributed by atoms with E-state index in [4.69, 9.17) is 14.2 Å². The van der Waals surface area contributed by atoms with E-state index in [0.29, 0.717) is 29.4 Å². The van der Waals surface area contributed by atoms with Crippen LogP contribution < -0.4 is 18.9 Å². The Hall–Kier alpha value is -2.25. The summed E-state index contributed by atoms with van der Waals surface area (Å²) in [4.78, 5) is 0.239. The number of hydrogen-bond acceptors (Lipinski definition) is 5. The summed E-state index contributed by atoms with van der Waals surface area (Å²) in [5.74, 6) is 1.95. The molecule has 1 aliphatic rings. The molecule has 0 unspecified atom stereocenters. The fourth-order valence-electron chi connectivity index (χ4n) is 2.73. The first-order valence-electron chi connectivity index (χ1n) is 7.94. The van der Waals surface area contributed by atoms with Gasteiger partial charge in [-0.3, -0.25) is 0 Å². The van der Waals surface area contributed by atoms with Crippen molar-refractivity contribution in [2.75, 3.05) is 20.3 Å². The number of nitrogens with one attached hydrogen (secondary N) is 1. The van der Waals surface area contributed by atoms with Crippen molar-refractivity contribution in [3.8, 4) is 17.2 Å². The van der Waals surface area contributed by atoms with Crippen LogP contribution in [0.1, 0.15) is 11.1 Å². The van der Waals surface area contributed by atoms with E-state index in [2.05, 4.69) is 4.72 Å². The summed E-state index contributed by atoms with van der Waals surface area (Å²) in [5.41, 5.74) is 1.47. The van der Waals surface area contributed by atoms with E-state index in [0.717, 1.165) is 5.56 Å². The van der Waals surface area contributed by atoms with Gasteiger partial charge in [0, 0.05) is 0 Å². The number of rotatable bonds is 5. The number of ether oxygens (including phenoxy) is 3. The topological polar surface area (TPSA) is 73.9 Å². The van der Waals surface area contributed by atoms with Crippen LogP contribution >= 0.6 is 0 Å². The smallest absolute Gasteiger partial charge is 0.240 e. The van der Waals surface area contributed by atoms with E-state index in [1.54, 1.807) is 32.2 Å². The maximum Gasteiger partial charge on any atom is 0.240 e. The standard InChI is InChI=1S/C18H21NO5S/c1-12-13(2)18(9-8-15(12)22-3)25(20,21)19-10-14-11-23-16-6-4-5-7-17(16)24-14/h4-9,14,19H,10-11H2,1-3H3/t14-/m1/s1. The molecule has 0 aromatic heterocycles. The molecule has 0 aliphatic carbocycles. The molecule has 1 aliphatic heterocycles. The lowest BCUT2D eigenvalue weighted by molar-refractivity contribution is 0.0943. The van der Waals surface area contributed by atoms with Crippen LogP contribution in [0.3, 0.4) is 0 Å². The molecule has 1 N–H and O–H groups in total. The Balaban J connectivity index is 1.72. The third kappa shape index (κ3) is 3.57. The number of methoxy groups -OCH3 is 1. The highest BCUT2D eigenvalue weighted by Crippen LogP contribution is 2.31. The summed E-state index contributed by atoms with van der Waals surface area (Å²) in [6, 6.07) is 10.5. The SMILES string of the molecule is COc1ccc(S(=O)(=O)NC[C@@H]2COc3ccccc3O2)c(C)c1C. The zero-order chi connectivity index (χ0) is 18.0. The van der Waals surface area contributed by atoms with Gasteiger partial charge < -0.3 is 14.2 Å². The molecule has 2 aromatic carbocycles. The predicted molar refractivity (Wildman–Crippen MR) is 94.0 cm³/mol. The van der Waals surface area contributed by atoms with Crippen molar-refractivity contribution >= 4 is 10.0 Å². The van der Waals surface area contributed by atoms with Crippen LogP contribution in [0.15, 0.2) is 41.3 Å². The molecule has 25 heavy (non-hydrogen) atoms. The van der Waals surface area contributed by atoms with Crippen molar-refractivity contribution in [3.05, 3.63) is 47.5 Å². The predicted octanol–water partition coefficient (Wildman–Crippen LogP) is 2.43. The number of sulfonamides is 1. The molecule has 0 saturated carbocycles. The Labute approximate surface area is 147 Å². The Kier molecular flexibility index (Phi) is 4.87. The quantitative estimate of drug-likeness (QED) is 0.883. The van der Waals surface area contributed by atoms with Crippen molar-refractivity contribution < 1.29 is 22.6 Å². The number of benzene rings is 2. The molecule has 1 atom stereocenters. The number of para-hydroxylation sites is 2. The molecule has 3 rings (SSSR count). The second-order valence-corrected chi connectivity index (χ2v) is 7.60. The maximum atomic E-state index is 12.6. The number of hydrogen-bond donors (Lipinski definition) is 1. The second-order valence-electron chi connectivity index (χ2n) is 5.87. The van der Waals surface area contributed by atoms with Gasteiger partial charge in [-0.1, -0.05) is 12.1 Å². The number of fused-ring (bicyclic) bond motifs is 1. The van der Waals surface area contributed by atoms with Crippen molar-refractivity contribution in [3.63, 3.8) is 0 Å². The van der Waals surface area contributed by atoms with Gasteiger partial charge in [0.1, 0.15) is 18.5 Å². The molecular formula is C18H21NO5S. The highest BCUT2D eigenvalue weighted by Gasteiger charge is 2.25. The van der Waals surface area contributed by atoms with Gasteiger partial charge in [0.25, 0.3) is 0 Å². The van der Waals surface area contributed by atoms with E-state index in [1.807, 2.05) is 25.1 Å². The average molecular weight is 363 g/mol. The van der Waals surface area contributed by atoms with Gasteiger partial charge in [0.15, 0.2) is 11.5 Å². The molecule has 0 spiro atoms. The van der Waals surface area contributed by atoms with Crippen molar-refractivity contribution in [1.82, 2.24) is 4.72 Å². The lowest BCUT2D eigenvalue weighted by atomic mass is 10.1. The van der Waals surface area contributed by atoms with E-state index in [9.17, 15) is 8.42 Å². The van der Waals surface area contributed by atoms with Crippen LogP contribution in [0.5, 0.6) is 17.2 Å². The Morgan fingerprint density at radius 3 is 2.56 bits per heavy atom. The van der Waals surface area contributed by atoms with Crippen LogP contribution in [0, 0.1) is 13.8 Å². The summed E-state index contributed by atoms with van der Waals surface area (Å²) in [5, 5.41) is 0. The molecule has 0 radical (unpaired) electrons. The van der Waals surface area contributed by atoms with Crippen LogP contribution in [0.2, 0.25) is 0 Å². The minimum atomic E-state index is -3.66. The van der Waals surface area contributed by atoms with E-state index in [1.165, 1.54) is 0 Å². The fourth-order valence-corrected chi connectivity index (χ4v) is 4.09. The third-order valence-corrected chi connectivity index (χ3v) is 5.83. The van der Waals surface area contributed by atoms with Gasteiger partial charge in [-0.2, -0.15) is 0 Å². The van der Waals surface area contributed by atoms with Gasteiger partial charge in [0.2, 0.25) is 10.0 Å². The first-order valence-corrected chi connectivity index (χ1v) is 9.43. The van der Waals surface area contributed by atoms with Crippen LogP contribution in [0.25, 0.3) is 0 Å². The lowest BCUT2D eigenvalue weighted by Gasteiger charge is -2.26. The second kappa shape index (κ2) is 6.93. The average Bonchev–Trinajstić information content (AvgIpc) is 2.62. The molecule has 7 heteroatoms. The molecule has 6 nitrogen and oxygen atoms in total. The van der Waals surface area contributed by atoms with E-state index >= 15 is 0 Å². The maximum absolute atomic E-state index is 12.6. The molecule has 1 heterocycles. The minimum absolute atomic E-state index is 0.126. The van der Waals surface area contributed by atoms with Gasteiger partial charge in [-0.15, -0.1) is 0 Å². The Morgan fingerprint density at radius 2 is 1.84 bits per heavy atom. The highest BCUT2D eigenvalue weighted by molar-refractivity contribution is 7.89.